The summed E-state index contributed by atoms with van der Waals surface area (Å²) in [6.07, 6.45) is 6.08. The van der Waals surface area contributed by atoms with E-state index in [0.717, 1.165) is 12.0 Å². The molecule has 0 N–H and O–H groups in total. The number of thiocarbonyl (C=S) groups is 1. The molecule has 3 rings (SSSR count). The second kappa shape index (κ2) is 6.85. The largest absolute Gasteiger partial charge is 0.293 e. The van der Waals surface area contributed by atoms with Crippen molar-refractivity contribution in [1.29, 1.82) is 0 Å². The molecule has 5 heteroatoms. The Balaban J connectivity index is 1.71. The van der Waals surface area contributed by atoms with Gasteiger partial charge >= 0.3 is 0 Å². The fourth-order valence-electron chi connectivity index (χ4n) is 2.19. The fourth-order valence-corrected chi connectivity index (χ4v) is 3.50. The third-order valence-electron chi connectivity index (χ3n) is 3.32. The van der Waals surface area contributed by atoms with Gasteiger partial charge in [0.2, 0.25) is 0 Å². The molecular formula is C17H14N2OS2. The summed E-state index contributed by atoms with van der Waals surface area (Å²) >= 11 is 6.69. The molecule has 3 nitrogen and oxygen atoms in total. The lowest BCUT2D eigenvalue weighted by Gasteiger charge is -2.14. The molecule has 110 valence electrons. The number of carbonyl (C=O) groups is 1. The van der Waals surface area contributed by atoms with Crippen LogP contribution in [0.15, 0.2) is 59.8 Å². The van der Waals surface area contributed by atoms with Crippen LogP contribution in [0.5, 0.6) is 0 Å². The quantitative estimate of drug-likeness (QED) is 0.636. The van der Waals surface area contributed by atoms with Gasteiger partial charge in [-0.2, -0.15) is 0 Å². The first kappa shape index (κ1) is 14.9. The summed E-state index contributed by atoms with van der Waals surface area (Å²) < 4.78 is 0.621. The third kappa shape index (κ3) is 3.43. The highest BCUT2D eigenvalue weighted by Crippen LogP contribution is 2.32. The number of carbonyl (C=O) groups excluding carboxylic acids is 1. The van der Waals surface area contributed by atoms with Crippen LogP contribution in [0.4, 0.5) is 0 Å². The molecule has 1 aliphatic rings. The average molecular weight is 326 g/mol. The van der Waals surface area contributed by atoms with E-state index >= 15 is 0 Å². The van der Waals surface area contributed by atoms with Crippen LogP contribution in [0.1, 0.15) is 11.1 Å². The first-order chi connectivity index (χ1) is 10.7. The molecule has 0 radical (unpaired) electrons. The molecule has 0 saturated carbocycles. The number of thioether (sulfide) groups is 1. The van der Waals surface area contributed by atoms with Gasteiger partial charge in [0.1, 0.15) is 4.32 Å². The molecule has 0 aliphatic carbocycles. The van der Waals surface area contributed by atoms with Crippen molar-refractivity contribution in [2.45, 2.75) is 6.42 Å². The van der Waals surface area contributed by atoms with Gasteiger partial charge in [-0.25, -0.2) is 0 Å². The zero-order valence-electron chi connectivity index (χ0n) is 11.8. The smallest absolute Gasteiger partial charge is 0.266 e. The summed E-state index contributed by atoms with van der Waals surface area (Å²) in [7, 11) is 0. The summed E-state index contributed by atoms with van der Waals surface area (Å²) in [5.74, 6) is -0.0187. The highest BCUT2D eigenvalue weighted by atomic mass is 32.2. The van der Waals surface area contributed by atoms with E-state index in [-0.39, 0.29) is 5.91 Å². The lowest BCUT2D eigenvalue weighted by Crippen LogP contribution is -2.30. The lowest BCUT2D eigenvalue weighted by atomic mass is 10.1. The Hall–Kier alpha value is -1.98. The predicted octanol–water partition coefficient (Wildman–Crippen LogP) is 3.53. The van der Waals surface area contributed by atoms with E-state index in [1.54, 1.807) is 17.3 Å². The molecule has 0 atom stereocenters. The highest BCUT2D eigenvalue weighted by molar-refractivity contribution is 8.26. The van der Waals surface area contributed by atoms with Crippen LogP contribution >= 0.6 is 24.0 Å². The summed E-state index contributed by atoms with van der Waals surface area (Å²) in [6.45, 7) is 0.610. The summed E-state index contributed by atoms with van der Waals surface area (Å²) in [5.41, 5.74) is 2.11. The van der Waals surface area contributed by atoms with E-state index in [4.69, 9.17) is 12.2 Å². The van der Waals surface area contributed by atoms with E-state index in [1.165, 1.54) is 17.3 Å². The zero-order valence-corrected chi connectivity index (χ0v) is 13.4. The fraction of sp³-hybridized carbons (Fsp3) is 0.118. The molecule has 1 amide bonds. The van der Waals surface area contributed by atoms with E-state index in [2.05, 4.69) is 17.1 Å². The van der Waals surface area contributed by atoms with Crippen LogP contribution in [0.25, 0.3) is 6.08 Å². The Bertz CT molecular complexity index is 714. The van der Waals surface area contributed by atoms with Crippen LogP contribution in [0.2, 0.25) is 0 Å². The second-order valence-corrected chi connectivity index (χ2v) is 6.53. The molecule has 22 heavy (non-hydrogen) atoms. The lowest BCUT2D eigenvalue weighted by molar-refractivity contribution is -0.122. The van der Waals surface area contributed by atoms with E-state index in [1.807, 2.05) is 36.4 Å². The van der Waals surface area contributed by atoms with Gasteiger partial charge in [-0.3, -0.25) is 14.7 Å². The number of benzene rings is 1. The van der Waals surface area contributed by atoms with Crippen LogP contribution in [-0.2, 0) is 11.2 Å². The van der Waals surface area contributed by atoms with Gasteiger partial charge in [-0.15, -0.1) is 0 Å². The van der Waals surface area contributed by atoms with Gasteiger partial charge in [0.15, 0.2) is 0 Å². The summed E-state index contributed by atoms with van der Waals surface area (Å²) in [5, 5.41) is 0. The number of aromatic nitrogens is 1. The van der Waals surface area contributed by atoms with E-state index < -0.39 is 0 Å². The van der Waals surface area contributed by atoms with Crippen molar-refractivity contribution in [1.82, 2.24) is 9.88 Å². The van der Waals surface area contributed by atoms with Crippen molar-refractivity contribution < 1.29 is 4.79 Å². The maximum absolute atomic E-state index is 12.5. The number of hydrogen-bond donors (Lipinski definition) is 0. The summed E-state index contributed by atoms with van der Waals surface area (Å²) in [4.78, 5) is 18.9. The average Bonchev–Trinajstić information content (AvgIpc) is 2.81. The van der Waals surface area contributed by atoms with Crippen molar-refractivity contribution in [2.75, 3.05) is 6.54 Å². The normalized spacial score (nSPS) is 16.5. The van der Waals surface area contributed by atoms with Crippen molar-refractivity contribution in [3.8, 4) is 0 Å². The molecule has 2 aromatic rings. The molecule has 1 aromatic heterocycles. The number of rotatable bonds is 4. The van der Waals surface area contributed by atoms with Crippen molar-refractivity contribution in [2.24, 2.45) is 0 Å². The van der Waals surface area contributed by atoms with Gasteiger partial charge in [0, 0.05) is 18.9 Å². The maximum atomic E-state index is 12.5. The van der Waals surface area contributed by atoms with Crippen LogP contribution < -0.4 is 0 Å². The maximum Gasteiger partial charge on any atom is 0.266 e. The Morgan fingerprint density at radius 1 is 1.18 bits per heavy atom. The Kier molecular flexibility index (Phi) is 4.65. The Morgan fingerprint density at radius 2 is 2.00 bits per heavy atom. The van der Waals surface area contributed by atoms with Gasteiger partial charge in [-0.05, 0) is 29.7 Å². The van der Waals surface area contributed by atoms with Gasteiger partial charge in [0.05, 0.1) is 4.91 Å². The van der Waals surface area contributed by atoms with E-state index in [0.29, 0.717) is 15.8 Å². The molecular weight excluding hydrogens is 312 g/mol. The third-order valence-corrected chi connectivity index (χ3v) is 4.70. The van der Waals surface area contributed by atoms with Crippen molar-refractivity contribution in [3.05, 3.63) is 70.9 Å². The topological polar surface area (TPSA) is 33.2 Å². The molecule has 2 heterocycles. The first-order valence-electron chi connectivity index (χ1n) is 6.93. The molecule has 1 saturated heterocycles. The second-order valence-electron chi connectivity index (χ2n) is 4.86. The standard InChI is InChI=1S/C17H14N2OS2/c20-16-15(11-14-7-4-9-18-12-14)22-17(21)19(16)10-8-13-5-2-1-3-6-13/h1-7,9,11-12H,8,10H2/b15-11+. The highest BCUT2D eigenvalue weighted by Gasteiger charge is 2.31. The van der Waals surface area contributed by atoms with Gasteiger partial charge in [-0.1, -0.05) is 60.4 Å². The van der Waals surface area contributed by atoms with Crippen LogP contribution in [0.3, 0.4) is 0 Å². The number of hydrogen-bond acceptors (Lipinski definition) is 4. The molecule has 1 aromatic carbocycles. The Morgan fingerprint density at radius 3 is 2.73 bits per heavy atom. The minimum Gasteiger partial charge on any atom is -0.293 e. The number of nitrogens with zero attached hydrogens (tertiary/aromatic N) is 2. The number of pyridine rings is 1. The van der Waals surface area contributed by atoms with Gasteiger partial charge in [0.25, 0.3) is 5.91 Å². The summed E-state index contributed by atoms with van der Waals surface area (Å²) in [6, 6.07) is 13.9. The molecule has 0 bridgehead atoms. The molecule has 0 spiro atoms. The van der Waals surface area contributed by atoms with E-state index in [9.17, 15) is 4.79 Å². The zero-order chi connectivity index (χ0) is 15.4. The predicted molar refractivity (Wildman–Crippen MR) is 94.3 cm³/mol. The van der Waals surface area contributed by atoms with Crippen molar-refractivity contribution in [3.63, 3.8) is 0 Å². The minimum atomic E-state index is -0.0187. The molecule has 1 fully saturated rings. The SMILES string of the molecule is O=C1/C(=C\c2cccnc2)SC(=S)N1CCc1ccccc1. The minimum absolute atomic E-state index is 0.0187. The number of amides is 1. The monoisotopic (exact) mass is 326 g/mol. The Labute approximate surface area is 139 Å². The molecule has 1 aliphatic heterocycles. The molecule has 0 unspecified atom stereocenters. The first-order valence-corrected chi connectivity index (χ1v) is 8.16. The van der Waals surface area contributed by atoms with Crippen LogP contribution in [-0.4, -0.2) is 26.7 Å². The van der Waals surface area contributed by atoms with Gasteiger partial charge < -0.3 is 0 Å². The van der Waals surface area contributed by atoms with Crippen LogP contribution in [0, 0.1) is 0 Å². The van der Waals surface area contributed by atoms with Crippen molar-refractivity contribution >= 4 is 40.3 Å².